The molecule has 0 aromatic heterocycles. The van der Waals surface area contributed by atoms with Crippen molar-refractivity contribution in [2.24, 2.45) is 5.73 Å². The molecule has 1 amide bonds. The largest absolute Gasteiger partial charge is 0.496 e. The van der Waals surface area contributed by atoms with Gasteiger partial charge in [0.25, 0.3) is 5.91 Å². The van der Waals surface area contributed by atoms with E-state index in [0.717, 1.165) is 17.7 Å². The van der Waals surface area contributed by atoms with E-state index < -0.39 is 0 Å². The Morgan fingerprint density at radius 2 is 2.18 bits per heavy atom. The summed E-state index contributed by atoms with van der Waals surface area (Å²) in [6.45, 7) is 3.21. The van der Waals surface area contributed by atoms with Crippen molar-refractivity contribution in [3.05, 3.63) is 29.3 Å². The Kier molecular flexibility index (Phi) is 4.97. The third kappa shape index (κ3) is 3.46. The SMILES string of the molecule is COc1cc(C(=O)N(C)CCCN)ccc1C. The van der Waals surface area contributed by atoms with E-state index in [1.807, 2.05) is 19.1 Å². The fourth-order valence-electron chi connectivity index (χ4n) is 1.60. The van der Waals surface area contributed by atoms with E-state index in [2.05, 4.69) is 0 Å². The minimum atomic E-state index is -0.00301. The van der Waals surface area contributed by atoms with Crippen LogP contribution in [0.15, 0.2) is 18.2 Å². The molecule has 1 aromatic carbocycles. The van der Waals surface area contributed by atoms with E-state index in [9.17, 15) is 4.79 Å². The number of hydrogen-bond acceptors (Lipinski definition) is 3. The number of methoxy groups -OCH3 is 1. The number of hydrogen-bond donors (Lipinski definition) is 1. The standard InChI is InChI=1S/C13H20N2O2/c1-10-5-6-11(9-12(10)17-3)13(16)15(2)8-4-7-14/h5-6,9H,4,7-8,14H2,1-3H3. The number of carbonyl (C=O) groups excluding carboxylic acids is 1. The molecule has 2 N–H and O–H groups in total. The molecule has 4 heteroatoms. The summed E-state index contributed by atoms with van der Waals surface area (Å²) in [5, 5.41) is 0. The summed E-state index contributed by atoms with van der Waals surface area (Å²) in [5.74, 6) is 0.736. The van der Waals surface area contributed by atoms with Crippen molar-refractivity contribution in [2.75, 3.05) is 27.2 Å². The zero-order chi connectivity index (χ0) is 12.8. The van der Waals surface area contributed by atoms with Crippen molar-refractivity contribution in [3.8, 4) is 5.75 Å². The van der Waals surface area contributed by atoms with Gasteiger partial charge in [0.2, 0.25) is 0 Å². The van der Waals surface area contributed by atoms with Gasteiger partial charge < -0.3 is 15.4 Å². The number of carbonyl (C=O) groups is 1. The van der Waals surface area contributed by atoms with E-state index >= 15 is 0 Å². The van der Waals surface area contributed by atoms with Crippen LogP contribution in [0.5, 0.6) is 5.75 Å². The number of rotatable bonds is 5. The molecule has 94 valence electrons. The van der Waals surface area contributed by atoms with Crippen LogP contribution in [0, 0.1) is 6.92 Å². The van der Waals surface area contributed by atoms with Crippen molar-refractivity contribution in [1.82, 2.24) is 4.90 Å². The highest BCUT2D eigenvalue weighted by atomic mass is 16.5. The van der Waals surface area contributed by atoms with Gasteiger partial charge in [-0.1, -0.05) is 6.07 Å². The van der Waals surface area contributed by atoms with Crippen molar-refractivity contribution in [3.63, 3.8) is 0 Å². The Morgan fingerprint density at radius 3 is 2.76 bits per heavy atom. The van der Waals surface area contributed by atoms with Gasteiger partial charge in [-0.25, -0.2) is 0 Å². The average molecular weight is 236 g/mol. The van der Waals surface area contributed by atoms with Gasteiger partial charge in [-0.3, -0.25) is 4.79 Å². The third-order valence-corrected chi connectivity index (χ3v) is 2.70. The maximum Gasteiger partial charge on any atom is 0.253 e. The maximum atomic E-state index is 12.1. The lowest BCUT2D eigenvalue weighted by Crippen LogP contribution is -2.29. The van der Waals surface area contributed by atoms with Gasteiger partial charge >= 0.3 is 0 Å². The molecule has 0 radical (unpaired) electrons. The first-order valence-electron chi connectivity index (χ1n) is 5.70. The van der Waals surface area contributed by atoms with Crippen LogP contribution in [-0.2, 0) is 0 Å². The summed E-state index contributed by atoms with van der Waals surface area (Å²) < 4.78 is 5.21. The molecule has 0 spiro atoms. The fraction of sp³-hybridized carbons (Fsp3) is 0.462. The molecule has 17 heavy (non-hydrogen) atoms. The normalized spacial score (nSPS) is 10.1. The molecule has 1 rings (SSSR count). The highest BCUT2D eigenvalue weighted by Crippen LogP contribution is 2.19. The molecule has 0 bridgehead atoms. The van der Waals surface area contributed by atoms with Crippen LogP contribution in [0.25, 0.3) is 0 Å². The first kappa shape index (κ1) is 13.5. The quantitative estimate of drug-likeness (QED) is 0.841. The summed E-state index contributed by atoms with van der Waals surface area (Å²) in [6.07, 6.45) is 0.811. The van der Waals surface area contributed by atoms with E-state index in [4.69, 9.17) is 10.5 Å². The van der Waals surface area contributed by atoms with Crippen LogP contribution in [0.1, 0.15) is 22.3 Å². The summed E-state index contributed by atoms with van der Waals surface area (Å²) in [5.41, 5.74) is 7.09. The van der Waals surface area contributed by atoms with E-state index in [1.54, 1.807) is 25.1 Å². The van der Waals surface area contributed by atoms with Crippen LogP contribution in [-0.4, -0.2) is 38.1 Å². The molecule has 0 aliphatic heterocycles. The molecule has 0 aliphatic carbocycles. The highest BCUT2D eigenvalue weighted by Gasteiger charge is 2.12. The van der Waals surface area contributed by atoms with Gasteiger partial charge in [-0.15, -0.1) is 0 Å². The molecule has 1 aromatic rings. The lowest BCUT2D eigenvalue weighted by atomic mass is 10.1. The minimum Gasteiger partial charge on any atom is -0.496 e. The van der Waals surface area contributed by atoms with Gasteiger partial charge in [0.1, 0.15) is 5.75 Å². The fourth-order valence-corrected chi connectivity index (χ4v) is 1.60. The molecule has 0 atom stereocenters. The molecular formula is C13H20N2O2. The molecule has 0 fully saturated rings. The average Bonchev–Trinajstić information content (AvgIpc) is 2.35. The van der Waals surface area contributed by atoms with Crippen molar-refractivity contribution < 1.29 is 9.53 Å². The second-order valence-corrected chi connectivity index (χ2v) is 4.05. The highest BCUT2D eigenvalue weighted by molar-refractivity contribution is 5.94. The zero-order valence-electron chi connectivity index (χ0n) is 10.7. The van der Waals surface area contributed by atoms with Gasteiger partial charge in [-0.05, 0) is 37.6 Å². The lowest BCUT2D eigenvalue weighted by molar-refractivity contribution is 0.0794. The molecule has 0 aliphatic rings. The maximum absolute atomic E-state index is 12.1. The van der Waals surface area contributed by atoms with E-state index in [1.165, 1.54) is 0 Å². The third-order valence-electron chi connectivity index (χ3n) is 2.70. The van der Waals surface area contributed by atoms with E-state index in [-0.39, 0.29) is 5.91 Å². The number of ether oxygens (including phenoxy) is 1. The van der Waals surface area contributed by atoms with Crippen LogP contribution >= 0.6 is 0 Å². The first-order valence-corrected chi connectivity index (χ1v) is 5.70. The number of benzene rings is 1. The smallest absolute Gasteiger partial charge is 0.253 e. The second kappa shape index (κ2) is 6.25. The van der Waals surface area contributed by atoms with Crippen molar-refractivity contribution >= 4 is 5.91 Å². The van der Waals surface area contributed by atoms with Gasteiger partial charge in [0, 0.05) is 19.2 Å². The minimum absolute atomic E-state index is 0.00301. The van der Waals surface area contributed by atoms with Crippen molar-refractivity contribution in [2.45, 2.75) is 13.3 Å². The lowest BCUT2D eigenvalue weighted by Gasteiger charge is -2.17. The Morgan fingerprint density at radius 1 is 1.47 bits per heavy atom. The predicted octanol–water partition coefficient (Wildman–Crippen LogP) is 1.42. The van der Waals surface area contributed by atoms with Crippen molar-refractivity contribution in [1.29, 1.82) is 0 Å². The van der Waals surface area contributed by atoms with Crippen LogP contribution in [0.2, 0.25) is 0 Å². The molecule has 0 saturated heterocycles. The molecule has 0 heterocycles. The predicted molar refractivity (Wildman–Crippen MR) is 68.4 cm³/mol. The van der Waals surface area contributed by atoms with E-state index in [0.29, 0.717) is 18.7 Å². The Balaban J connectivity index is 2.81. The van der Waals surface area contributed by atoms with Gasteiger partial charge in [0.15, 0.2) is 0 Å². The zero-order valence-corrected chi connectivity index (χ0v) is 10.7. The summed E-state index contributed by atoms with van der Waals surface area (Å²) in [7, 11) is 3.39. The van der Waals surface area contributed by atoms with Crippen LogP contribution < -0.4 is 10.5 Å². The van der Waals surface area contributed by atoms with Crippen LogP contribution in [0.3, 0.4) is 0 Å². The Labute approximate surface area is 102 Å². The number of amides is 1. The monoisotopic (exact) mass is 236 g/mol. The second-order valence-electron chi connectivity index (χ2n) is 4.05. The van der Waals surface area contributed by atoms with Gasteiger partial charge in [-0.2, -0.15) is 0 Å². The Hall–Kier alpha value is -1.55. The topological polar surface area (TPSA) is 55.6 Å². The first-order chi connectivity index (χ1) is 8.10. The molecule has 0 unspecified atom stereocenters. The van der Waals surface area contributed by atoms with Crippen LogP contribution in [0.4, 0.5) is 0 Å². The van der Waals surface area contributed by atoms with Gasteiger partial charge in [0.05, 0.1) is 7.11 Å². The summed E-state index contributed by atoms with van der Waals surface area (Å²) >= 11 is 0. The molecule has 4 nitrogen and oxygen atoms in total. The number of nitrogens with zero attached hydrogens (tertiary/aromatic N) is 1. The number of aryl methyl sites for hydroxylation is 1. The summed E-state index contributed by atoms with van der Waals surface area (Å²) in [6, 6.07) is 5.48. The molecule has 0 saturated carbocycles. The summed E-state index contributed by atoms with van der Waals surface area (Å²) in [4.78, 5) is 13.7. The number of nitrogens with two attached hydrogens (primary N) is 1. The molecular weight excluding hydrogens is 216 g/mol. The Bertz CT molecular complexity index is 391.